The second-order valence-electron chi connectivity index (χ2n) is 5.72. The lowest BCUT2D eigenvalue weighted by molar-refractivity contribution is -0.143. The number of nitrogens with zero attached hydrogens (tertiary/aromatic N) is 2. The van der Waals surface area contributed by atoms with E-state index in [0.29, 0.717) is 18.9 Å². The fourth-order valence-electron chi connectivity index (χ4n) is 3.25. The first-order valence-electron chi connectivity index (χ1n) is 7.41. The molecule has 2 fully saturated rings. The lowest BCUT2D eigenvalue weighted by atomic mass is 10.0. The molecule has 2 heterocycles. The maximum absolute atomic E-state index is 12.5. The van der Waals surface area contributed by atoms with Crippen LogP contribution in [0.15, 0.2) is 0 Å². The van der Waals surface area contributed by atoms with Gasteiger partial charge in [0.05, 0.1) is 0 Å². The number of piperidine rings is 1. The third kappa shape index (κ3) is 3.19. The van der Waals surface area contributed by atoms with Gasteiger partial charge in [0, 0.05) is 19.6 Å². The quantitative estimate of drug-likeness (QED) is 0.853. The van der Waals surface area contributed by atoms with Gasteiger partial charge in [0.15, 0.2) is 0 Å². The van der Waals surface area contributed by atoms with Crippen LogP contribution in [-0.2, 0) is 4.79 Å². The Balaban J connectivity index is 1.96. The Kier molecular flexibility index (Phi) is 4.66. The number of hydrogen-bond acceptors (Lipinski definition) is 2. The maximum atomic E-state index is 12.5. The van der Waals surface area contributed by atoms with E-state index in [2.05, 4.69) is 6.92 Å². The molecule has 5 heteroatoms. The van der Waals surface area contributed by atoms with Crippen LogP contribution in [0.2, 0.25) is 0 Å². The highest BCUT2D eigenvalue weighted by molar-refractivity contribution is 5.83. The van der Waals surface area contributed by atoms with Crippen LogP contribution in [0.1, 0.15) is 45.4 Å². The van der Waals surface area contributed by atoms with E-state index in [1.807, 2.05) is 4.90 Å². The van der Waals surface area contributed by atoms with E-state index in [9.17, 15) is 14.7 Å². The molecule has 5 nitrogen and oxygen atoms in total. The number of urea groups is 1. The Hall–Kier alpha value is -1.26. The molecule has 0 aromatic carbocycles. The number of carbonyl (C=O) groups excluding carboxylic acids is 1. The molecule has 0 bridgehead atoms. The van der Waals surface area contributed by atoms with Crippen LogP contribution in [0, 0.1) is 5.92 Å². The molecule has 2 unspecified atom stereocenters. The first-order valence-corrected chi connectivity index (χ1v) is 7.41. The molecule has 0 aliphatic carbocycles. The highest BCUT2D eigenvalue weighted by Crippen LogP contribution is 2.25. The number of carboxylic acid groups (broad SMARTS) is 1. The Morgan fingerprint density at radius 2 is 2.00 bits per heavy atom. The number of amides is 2. The average molecular weight is 268 g/mol. The predicted octanol–water partition coefficient (Wildman–Crippen LogP) is 2.17. The summed E-state index contributed by atoms with van der Waals surface area (Å²) in [5.74, 6) is -0.264. The van der Waals surface area contributed by atoms with Crippen molar-refractivity contribution in [2.45, 2.75) is 51.5 Å². The molecule has 0 aromatic heterocycles. The third-order valence-electron chi connectivity index (χ3n) is 4.29. The molecule has 108 valence electrons. The zero-order valence-electron chi connectivity index (χ0n) is 11.7. The minimum absolute atomic E-state index is 0.0642. The largest absolute Gasteiger partial charge is 0.480 e. The monoisotopic (exact) mass is 268 g/mol. The molecule has 0 spiro atoms. The normalized spacial score (nSPS) is 27.6. The molecule has 0 radical (unpaired) electrons. The van der Waals surface area contributed by atoms with E-state index in [-0.39, 0.29) is 6.03 Å². The van der Waals surface area contributed by atoms with Gasteiger partial charge < -0.3 is 14.9 Å². The van der Waals surface area contributed by atoms with Gasteiger partial charge >= 0.3 is 12.0 Å². The van der Waals surface area contributed by atoms with Gasteiger partial charge in [-0.3, -0.25) is 0 Å². The Bertz CT molecular complexity index is 346. The Morgan fingerprint density at radius 1 is 1.21 bits per heavy atom. The van der Waals surface area contributed by atoms with E-state index in [1.54, 1.807) is 4.90 Å². The highest BCUT2D eigenvalue weighted by Gasteiger charge is 2.36. The average Bonchev–Trinajstić information content (AvgIpc) is 2.87. The summed E-state index contributed by atoms with van der Waals surface area (Å²) in [7, 11) is 0. The zero-order chi connectivity index (χ0) is 13.8. The molecule has 2 rings (SSSR count). The number of carboxylic acids is 1. The molecule has 0 aromatic rings. The van der Waals surface area contributed by atoms with E-state index in [4.69, 9.17) is 0 Å². The number of carbonyl (C=O) groups is 2. The summed E-state index contributed by atoms with van der Waals surface area (Å²) in [6.07, 6.45) is 5.78. The number of hydrogen-bond donors (Lipinski definition) is 1. The van der Waals surface area contributed by atoms with E-state index >= 15 is 0 Å². The molecule has 19 heavy (non-hydrogen) atoms. The first kappa shape index (κ1) is 14.2. The Labute approximate surface area is 114 Å². The second kappa shape index (κ2) is 6.26. The molecule has 0 saturated carbocycles. The van der Waals surface area contributed by atoms with Crippen LogP contribution in [0.5, 0.6) is 0 Å². The standard InChI is InChI=1S/C14H24N2O3/c1-2-5-11-7-9-15(10-11)14(19)16-8-4-3-6-12(16)13(17)18/h11-12H,2-10H2,1H3,(H,17,18). The number of likely N-dealkylation sites (tertiary alicyclic amines) is 2. The summed E-state index contributed by atoms with van der Waals surface area (Å²) in [5.41, 5.74) is 0. The minimum Gasteiger partial charge on any atom is -0.480 e. The highest BCUT2D eigenvalue weighted by atomic mass is 16.4. The van der Waals surface area contributed by atoms with Gasteiger partial charge in [0.1, 0.15) is 6.04 Å². The van der Waals surface area contributed by atoms with Crippen molar-refractivity contribution in [3.05, 3.63) is 0 Å². The lowest BCUT2D eigenvalue weighted by Gasteiger charge is -2.35. The summed E-state index contributed by atoms with van der Waals surface area (Å²) in [6.45, 7) is 4.34. The van der Waals surface area contributed by atoms with Crippen LogP contribution >= 0.6 is 0 Å². The van der Waals surface area contributed by atoms with Gasteiger partial charge in [-0.2, -0.15) is 0 Å². The van der Waals surface area contributed by atoms with Crippen molar-refractivity contribution in [2.24, 2.45) is 5.92 Å². The van der Waals surface area contributed by atoms with Crippen LogP contribution in [0.4, 0.5) is 4.79 Å². The van der Waals surface area contributed by atoms with Gasteiger partial charge in [-0.25, -0.2) is 9.59 Å². The smallest absolute Gasteiger partial charge is 0.326 e. The van der Waals surface area contributed by atoms with Crippen molar-refractivity contribution >= 4 is 12.0 Å². The summed E-state index contributed by atoms with van der Waals surface area (Å²) in [5, 5.41) is 9.22. The van der Waals surface area contributed by atoms with Crippen molar-refractivity contribution in [1.29, 1.82) is 0 Å². The number of rotatable bonds is 3. The van der Waals surface area contributed by atoms with E-state index < -0.39 is 12.0 Å². The van der Waals surface area contributed by atoms with Crippen molar-refractivity contribution < 1.29 is 14.7 Å². The van der Waals surface area contributed by atoms with Crippen LogP contribution in [-0.4, -0.2) is 52.6 Å². The predicted molar refractivity (Wildman–Crippen MR) is 72.0 cm³/mol. The van der Waals surface area contributed by atoms with Gasteiger partial charge in [-0.05, 0) is 38.0 Å². The van der Waals surface area contributed by atoms with Crippen molar-refractivity contribution in [3.63, 3.8) is 0 Å². The zero-order valence-corrected chi connectivity index (χ0v) is 11.7. The van der Waals surface area contributed by atoms with Crippen molar-refractivity contribution in [1.82, 2.24) is 9.80 Å². The van der Waals surface area contributed by atoms with Gasteiger partial charge in [-0.15, -0.1) is 0 Å². The van der Waals surface area contributed by atoms with Crippen LogP contribution in [0.3, 0.4) is 0 Å². The van der Waals surface area contributed by atoms with Gasteiger partial charge in [0.25, 0.3) is 0 Å². The van der Waals surface area contributed by atoms with Crippen molar-refractivity contribution in [3.8, 4) is 0 Å². The fraction of sp³-hybridized carbons (Fsp3) is 0.857. The summed E-state index contributed by atoms with van der Waals surface area (Å²) in [6, 6.07) is -0.683. The summed E-state index contributed by atoms with van der Waals surface area (Å²) in [4.78, 5) is 27.1. The molecule has 2 aliphatic heterocycles. The maximum Gasteiger partial charge on any atom is 0.326 e. The molecule has 2 amide bonds. The third-order valence-corrected chi connectivity index (χ3v) is 4.29. The van der Waals surface area contributed by atoms with Gasteiger partial charge in [0.2, 0.25) is 0 Å². The second-order valence-corrected chi connectivity index (χ2v) is 5.72. The van der Waals surface area contributed by atoms with Crippen LogP contribution in [0.25, 0.3) is 0 Å². The minimum atomic E-state index is -0.864. The van der Waals surface area contributed by atoms with E-state index in [1.165, 1.54) is 0 Å². The first-order chi connectivity index (χ1) is 9.13. The lowest BCUT2D eigenvalue weighted by Crippen LogP contribution is -2.52. The summed E-state index contributed by atoms with van der Waals surface area (Å²) >= 11 is 0. The van der Waals surface area contributed by atoms with E-state index in [0.717, 1.165) is 45.2 Å². The molecule has 2 aliphatic rings. The molecule has 1 N–H and O–H groups in total. The Morgan fingerprint density at radius 3 is 2.68 bits per heavy atom. The molecular weight excluding hydrogens is 244 g/mol. The van der Waals surface area contributed by atoms with Crippen LogP contribution < -0.4 is 0 Å². The summed E-state index contributed by atoms with van der Waals surface area (Å²) < 4.78 is 0. The molecular formula is C14H24N2O3. The number of aliphatic carboxylic acids is 1. The molecule has 2 atom stereocenters. The SMILES string of the molecule is CCCC1CCN(C(=O)N2CCCCC2C(=O)O)C1. The topological polar surface area (TPSA) is 60.9 Å². The fourth-order valence-corrected chi connectivity index (χ4v) is 3.25. The van der Waals surface area contributed by atoms with Gasteiger partial charge in [-0.1, -0.05) is 13.3 Å². The van der Waals surface area contributed by atoms with Crippen molar-refractivity contribution in [2.75, 3.05) is 19.6 Å². The molecule has 2 saturated heterocycles.